The molecule has 0 bridgehead atoms. The van der Waals surface area contributed by atoms with Crippen molar-refractivity contribution < 1.29 is 18.7 Å². The highest BCUT2D eigenvalue weighted by Gasteiger charge is 2.32. The van der Waals surface area contributed by atoms with Crippen molar-refractivity contribution >= 4 is 11.8 Å². The predicted molar refractivity (Wildman–Crippen MR) is 81.0 cm³/mol. The van der Waals surface area contributed by atoms with Crippen molar-refractivity contribution in [3.05, 3.63) is 35.6 Å². The van der Waals surface area contributed by atoms with E-state index in [1.807, 2.05) is 0 Å². The molecule has 1 aromatic rings. The normalized spacial score (nSPS) is 22.3. The Balaban J connectivity index is 1.56. The second-order valence-electron chi connectivity index (χ2n) is 5.77. The maximum Gasteiger partial charge on any atom is 0.253 e. The van der Waals surface area contributed by atoms with Crippen molar-refractivity contribution in [2.24, 2.45) is 0 Å². The molecule has 3 rings (SSSR count). The quantitative estimate of drug-likeness (QED) is 0.850. The number of nitrogens with one attached hydrogen (secondary N) is 1. The molecule has 0 aliphatic carbocycles. The van der Waals surface area contributed by atoms with E-state index >= 15 is 0 Å². The van der Waals surface area contributed by atoms with Crippen molar-refractivity contribution in [1.29, 1.82) is 0 Å². The van der Waals surface area contributed by atoms with Crippen LogP contribution in [0.25, 0.3) is 0 Å². The van der Waals surface area contributed by atoms with Crippen LogP contribution in [0.3, 0.4) is 0 Å². The van der Waals surface area contributed by atoms with Gasteiger partial charge in [0.15, 0.2) is 0 Å². The van der Waals surface area contributed by atoms with Gasteiger partial charge in [0.1, 0.15) is 11.9 Å². The minimum atomic E-state index is -0.508. The molecule has 1 aromatic carbocycles. The molecule has 124 valence electrons. The molecule has 0 aromatic heterocycles. The van der Waals surface area contributed by atoms with Gasteiger partial charge in [-0.05, 0) is 17.7 Å². The summed E-state index contributed by atoms with van der Waals surface area (Å²) in [7, 11) is 0. The van der Waals surface area contributed by atoms with Crippen LogP contribution >= 0.6 is 0 Å². The average Bonchev–Trinajstić information content (AvgIpc) is 2.57. The van der Waals surface area contributed by atoms with E-state index in [4.69, 9.17) is 4.74 Å². The highest BCUT2D eigenvalue weighted by Crippen LogP contribution is 2.13. The fraction of sp³-hybridized carbons (Fsp3) is 0.500. The van der Waals surface area contributed by atoms with Gasteiger partial charge in [-0.2, -0.15) is 0 Å². The van der Waals surface area contributed by atoms with Gasteiger partial charge in [0.25, 0.3) is 5.91 Å². The number of hydrogen-bond donors (Lipinski definition) is 1. The SMILES string of the molecule is O=C1CN(C(=O)C2CNCCO2)CCN1Cc1cccc(F)c1. The van der Waals surface area contributed by atoms with E-state index < -0.39 is 6.10 Å². The fourth-order valence-corrected chi connectivity index (χ4v) is 2.85. The van der Waals surface area contributed by atoms with Gasteiger partial charge < -0.3 is 19.9 Å². The molecule has 1 unspecified atom stereocenters. The van der Waals surface area contributed by atoms with Gasteiger partial charge in [0, 0.05) is 32.7 Å². The number of nitrogens with zero attached hydrogens (tertiary/aromatic N) is 2. The Labute approximate surface area is 134 Å². The molecule has 2 aliphatic heterocycles. The number of carbonyl (C=O) groups is 2. The number of rotatable bonds is 3. The number of ether oxygens (including phenoxy) is 1. The first-order chi connectivity index (χ1) is 11.1. The molecule has 1 N–H and O–H groups in total. The second kappa shape index (κ2) is 7.06. The summed E-state index contributed by atoms with van der Waals surface area (Å²) >= 11 is 0. The zero-order chi connectivity index (χ0) is 16.2. The van der Waals surface area contributed by atoms with Crippen molar-refractivity contribution in [3.8, 4) is 0 Å². The Kier molecular flexibility index (Phi) is 4.88. The first-order valence-corrected chi connectivity index (χ1v) is 7.77. The maximum absolute atomic E-state index is 13.2. The van der Waals surface area contributed by atoms with E-state index in [-0.39, 0.29) is 24.2 Å². The Morgan fingerprint density at radius 2 is 2.26 bits per heavy atom. The van der Waals surface area contributed by atoms with Crippen LogP contribution in [0.1, 0.15) is 5.56 Å². The zero-order valence-corrected chi connectivity index (χ0v) is 12.8. The fourth-order valence-electron chi connectivity index (χ4n) is 2.85. The van der Waals surface area contributed by atoms with Crippen LogP contribution in [0, 0.1) is 5.82 Å². The minimum absolute atomic E-state index is 0.0496. The highest BCUT2D eigenvalue weighted by molar-refractivity contribution is 5.88. The molecule has 2 aliphatic rings. The number of benzene rings is 1. The van der Waals surface area contributed by atoms with E-state index in [1.165, 1.54) is 12.1 Å². The number of piperazine rings is 1. The third-order valence-corrected chi connectivity index (χ3v) is 4.10. The number of amides is 2. The first kappa shape index (κ1) is 15.9. The van der Waals surface area contributed by atoms with E-state index in [9.17, 15) is 14.0 Å². The lowest BCUT2D eigenvalue weighted by Gasteiger charge is -2.36. The van der Waals surface area contributed by atoms with Crippen molar-refractivity contribution in [2.45, 2.75) is 12.6 Å². The van der Waals surface area contributed by atoms with Crippen LogP contribution < -0.4 is 5.32 Å². The smallest absolute Gasteiger partial charge is 0.253 e. The van der Waals surface area contributed by atoms with Crippen LogP contribution in [0.5, 0.6) is 0 Å². The number of carbonyl (C=O) groups excluding carboxylic acids is 2. The Bertz CT molecular complexity index is 590. The zero-order valence-electron chi connectivity index (χ0n) is 12.8. The summed E-state index contributed by atoms with van der Waals surface area (Å²) in [4.78, 5) is 27.8. The average molecular weight is 321 g/mol. The van der Waals surface area contributed by atoms with Crippen LogP contribution in [-0.4, -0.2) is 67.0 Å². The third kappa shape index (κ3) is 3.86. The monoisotopic (exact) mass is 321 g/mol. The summed E-state index contributed by atoms with van der Waals surface area (Å²) in [6, 6.07) is 6.21. The van der Waals surface area contributed by atoms with E-state index in [0.29, 0.717) is 32.8 Å². The third-order valence-electron chi connectivity index (χ3n) is 4.10. The van der Waals surface area contributed by atoms with Crippen molar-refractivity contribution in [1.82, 2.24) is 15.1 Å². The van der Waals surface area contributed by atoms with Gasteiger partial charge in [-0.15, -0.1) is 0 Å². The molecule has 0 saturated carbocycles. The lowest BCUT2D eigenvalue weighted by molar-refractivity contribution is -0.153. The van der Waals surface area contributed by atoms with E-state index in [1.54, 1.807) is 21.9 Å². The summed E-state index contributed by atoms with van der Waals surface area (Å²) in [5.41, 5.74) is 0.748. The molecule has 2 amide bonds. The molecule has 6 nitrogen and oxygen atoms in total. The second-order valence-corrected chi connectivity index (χ2v) is 5.77. The van der Waals surface area contributed by atoms with Gasteiger partial charge >= 0.3 is 0 Å². The molecular formula is C16H20FN3O3. The Morgan fingerprint density at radius 1 is 1.39 bits per heavy atom. The van der Waals surface area contributed by atoms with Gasteiger partial charge in [-0.3, -0.25) is 9.59 Å². The lowest BCUT2D eigenvalue weighted by atomic mass is 10.1. The Morgan fingerprint density at radius 3 is 2.96 bits per heavy atom. The Hall–Kier alpha value is -1.99. The number of morpholine rings is 1. The summed E-state index contributed by atoms with van der Waals surface area (Å²) in [5.74, 6) is -0.584. The molecule has 2 heterocycles. The van der Waals surface area contributed by atoms with Crippen LogP contribution in [0.2, 0.25) is 0 Å². The molecule has 0 spiro atoms. The highest BCUT2D eigenvalue weighted by atomic mass is 19.1. The summed E-state index contributed by atoms with van der Waals surface area (Å²) in [6.45, 7) is 3.06. The first-order valence-electron chi connectivity index (χ1n) is 7.77. The molecular weight excluding hydrogens is 301 g/mol. The van der Waals surface area contributed by atoms with Crippen molar-refractivity contribution in [2.75, 3.05) is 39.3 Å². The summed E-state index contributed by atoms with van der Waals surface area (Å²) in [5, 5.41) is 3.11. The number of hydrogen-bond acceptors (Lipinski definition) is 4. The van der Waals surface area contributed by atoms with Crippen LogP contribution in [0.4, 0.5) is 4.39 Å². The number of halogens is 1. The van der Waals surface area contributed by atoms with E-state index in [2.05, 4.69) is 5.32 Å². The topological polar surface area (TPSA) is 61.9 Å². The van der Waals surface area contributed by atoms with E-state index in [0.717, 1.165) is 12.1 Å². The van der Waals surface area contributed by atoms with Gasteiger partial charge in [-0.25, -0.2) is 4.39 Å². The van der Waals surface area contributed by atoms with Gasteiger partial charge in [0.2, 0.25) is 5.91 Å². The molecule has 2 saturated heterocycles. The van der Waals surface area contributed by atoms with Gasteiger partial charge in [-0.1, -0.05) is 12.1 Å². The predicted octanol–water partition coefficient (Wildman–Crippen LogP) is -0.0151. The minimum Gasteiger partial charge on any atom is -0.366 e. The van der Waals surface area contributed by atoms with Crippen molar-refractivity contribution in [3.63, 3.8) is 0 Å². The molecule has 23 heavy (non-hydrogen) atoms. The van der Waals surface area contributed by atoms with Crippen LogP contribution in [-0.2, 0) is 20.9 Å². The lowest BCUT2D eigenvalue weighted by Crippen LogP contribution is -2.56. The molecule has 2 fully saturated rings. The van der Waals surface area contributed by atoms with Gasteiger partial charge in [0.05, 0.1) is 13.2 Å². The molecule has 1 atom stereocenters. The standard InChI is InChI=1S/C16H20FN3O3/c17-13-3-1-2-12(8-13)10-19-5-6-20(11-15(19)21)16(22)14-9-18-4-7-23-14/h1-3,8,14,18H,4-7,9-11H2. The maximum atomic E-state index is 13.2. The molecule has 0 radical (unpaired) electrons. The summed E-state index contributed by atoms with van der Waals surface area (Å²) in [6.07, 6.45) is -0.508. The van der Waals surface area contributed by atoms with Crippen LogP contribution in [0.15, 0.2) is 24.3 Å². The largest absolute Gasteiger partial charge is 0.366 e. The molecule has 7 heteroatoms. The summed E-state index contributed by atoms with van der Waals surface area (Å²) < 4.78 is 18.7.